The third kappa shape index (κ3) is 14.1. The molecule has 0 aromatic rings. The Morgan fingerprint density at radius 2 is 1.24 bits per heavy atom. The quantitative estimate of drug-likeness (QED) is 0.213. The van der Waals surface area contributed by atoms with Gasteiger partial charge in [-0.1, -0.05) is 0 Å². The molecule has 0 bridgehead atoms. The van der Waals surface area contributed by atoms with Crippen molar-refractivity contribution in [1.82, 2.24) is 0 Å². The van der Waals surface area contributed by atoms with E-state index < -0.39 is 49.1 Å². The van der Waals surface area contributed by atoms with Crippen LogP contribution < -0.4 is 0 Å². The number of carboxylic acids is 2. The van der Waals surface area contributed by atoms with Crippen molar-refractivity contribution in [3.8, 4) is 0 Å². The Morgan fingerprint density at radius 1 is 0.905 bits per heavy atom. The molecule has 0 amide bonds. The van der Waals surface area contributed by atoms with E-state index in [4.69, 9.17) is 40.9 Å². The monoisotopic (exact) mass is 354 g/mol. The number of hydrogen-bond donors (Lipinski definition) is 8. The molecule has 0 aromatic carbocycles. The molecule has 0 rings (SSSR count). The van der Waals surface area contributed by atoms with Crippen molar-refractivity contribution >= 4 is 72.7 Å². The van der Waals surface area contributed by atoms with E-state index in [1.54, 1.807) is 0 Å². The maximum Gasteiger partial charge on any atom is 0.316 e. The van der Waals surface area contributed by atoms with Crippen LogP contribution in [0.2, 0.25) is 0 Å². The van der Waals surface area contributed by atoms with Gasteiger partial charge in [0.25, 0.3) is 0 Å². The third-order valence-corrected chi connectivity index (χ3v) is 1.87. The van der Waals surface area contributed by atoms with Crippen molar-refractivity contribution in [2.75, 3.05) is 6.61 Å². The van der Waals surface area contributed by atoms with Gasteiger partial charge in [0.2, 0.25) is 0 Å². The number of aliphatic carboxylic acids is 2. The number of aliphatic hydroxyl groups excluding tert-OH is 6. The minimum atomic E-state index is -2.20. The fraction of sp³-hybridized carbons (Fsp3) is 0.778. The molecule has 0 heterocycles. The Bertz CT molecular complexity index is 290. The predicted octanol–water partition coefficient (Wildman–Crippen LogP) is -5.87. The molecule has 12 heteroatoms. The first-order valence-corrected chi connectivity index (χ1v) is 5.03. The Labute approximate surface area is 166 Å². The molecule has 122 valence electrons. The van der Waals surface area contributed by atoms with E-state index in [1.165, 1.54) is 6.92 Å². The Hall–Kier alpha value is 0.726. The van der Waals surface area contributed by atoms with Gasteiger partial charge in [-0.3, -0.25) is 0 Å². The van der Waals surface area contributed by atoms with Crippen molar-refractivity contribution in [2.24, 2.45) is 0 Å². The maximum atomic E-state index is 10.1. The van der Waals surface area contributed by atoms with Crippen LogP contribution in [0.1, 0.15) is 6.92 Å². The number of carboxylic acid groups (broad SMARTS) is 2. The van der Waals surface area contributed by atoms with Crippen molar-refractivity contribution in [2.45, 2.75) is 37.4 Å². The van der Waals surface area contributed by atoms with Gasteiger partial charge in [-0.2, -0.15) is 0 Å². The van der Waals surface area contributed by atoms with Gasteiger partial charge in [-0.05, 0) is 6.92 Å². The molecule has 0 aromatic heterocycles. The summed E-state index contributed by atoms with van der Waals surface area (Å²) >= 11 is 0. The summed E-state index contributed by atoms with van der Waals surface area (Å²) in [6, 6.07) is 0. The molecule has 1 unspecified atom stereocenters. The Morgan fingerprint density at radius 3 is 1.43 bits per heavy atom. The fourth-order valence-corrected chi connectivity index (χ4v) is 0.668. The molecule has 0 fully saturated rings. The first kappa shape index (κ1) is 29.7. The van der Waals surface area contributed by atoms with E-state index in [9.17, 15) is 9.59 Å². The largest absolute Gasteiger partial charge is 0.316 e. The molecule has 0 aliphatic carbocycles. The number of aliphatic hydroxyl groups is 6. The second-order valence-corrected chi connectivity index (χ2v) is 3.53. The van der Waals surface area contributed by atoms with Gasteiger partial charge < -0.3 is 40.9 Å². The maximum absolute atomic E-state index is 10.1. The molecule has 0 saturated carbocycles. The molecule has 0 spiro atoms. The summed E-state index contributed by atoms with van der Waals surface area (Å²) in [4.78, 5) is 19.5. The standard InChI is InChI=1S/C6H12O7.C3H6O3.Ca.Mg.4H/c7-1-2(8)3(9)4(10)5(11)6(12)13;1-2(4)3(5)6;;;;;;/h2-5,7-11H,1H2,(H,12,13);2,4H,1H3,(H,5,6);;;;;;/t2-,3-,4+,5-;;;;;;;/m1......./s1. The van der Waals surface area contributed by atoms with Gasteiger partial charge in [0.05, 0.1) is 6.61 Å². The SMILES string of the molecule is CC(O)C(=O)O.O=C(O)[C@H](O)[C@@H](O)[C@H](O)[C@H](O)CO.[CaH2].[MgH2]. The van der Waals surface area contributed by atoms with E-state index in [0.29, 0.717) is 0 Å². The summed E-state index contributed by atoms with van der Waals surface area (Å²) < 4.78 is 0. The zero-order valence-corrected chi connectivity index (χ0v) is 9.99. The van der Waals surface area contributed by atoms with Crippen LogP contribution in [0.25, 0.3) is 0 Å². The molecule has 10 nitrogen and oxygen atoms in total. The van der Waals surface area contributed by atoms with E-state index in [0.717, 1.165) is 0 Å². The summed E-state index contributed by atoms with van der Waals surface area (Å²) in [6.07, 6.45) is -9.07. The van der Waals surface area contributed by atoms with Gasteiger partial charge in [-0.15, -0.1) is 0 Å². The van der Waals surface area contributed by atoms with Crippen LogP contribution in [0.5, 0.6) is 0 Å². The van der Waals surface area contributed by atoms with Crippen LogP contribution in [-0.4, -0.2) is 151 Å². The Kier molecular flexibility index (Phi) is 22.1. The Balaban J connectivity index is -0.000000156. The van der Waals surface area contributed by atoms with Crippen LogP contribution in [0.15, 0.2) is 0 Å². The summed E-state index contributed by atoms with van der Waals surface area (Å²) in [5.41, 5.74) is 0. The predicted molar refractivity (Wildman–Crippen MR) is 75.2 cm³/mol. The fourth-order valence-electron chi connectivity index (χ4n) is 0.668. The molecule has 0 aliphatic heterocycles. The average Bonchev–Trinajstić information content (AvgIpc) is 2.35. The molecular formula is C9H22CaMgO10. The normalized spacial score (nSPS) is 16.5. The zero-order valence-electron chi connectivity index (χ0n) is 9.99. The zero-order chi connectivity index (χ0) is 15.7. The third-order valence-electron chi connectivity index (χ3n) is 1.87. The van der Waals surface area contributed by atoms with Gasteiger partial charge in [0.1, 0.15) is 24.4 Å². The summed E-state index contributed by atoms with van der Waals surface area (Å²) in [7, 11) is 0. The number of carbonyl (C=O) groups is 2. The van der Waals surface area contributed by atoms with E-state index in [2.05, 4.69) is 0 Å². The topological polar surface area (TPSA) is 196 Å². The van der Waals surface area contributed by atoms with Gasteiger partial charge in [0, 0.05) is 0 Å². The van der Waals surface area contributed by atoms with Crippen LogP contribution in [0.3, 0.4) is 0 Å². The second-order valence-electron chi connectivity index (χ2n) is 3.53. The van der Waals surface area contributed by atoms with Gasteiger partial charge in [0.15, 0.2) is 6.10 Å². The van der Waals surface area contributed by atoms with Crippen LogP contribution >= 0.6 is 0 Å². The first-order valence-electron chi connectivity index (χ1n) is 5.03. The first-order chi connectivity index (χ1) is 8.56. The van der Waals surface area contributed by atoms with Crippen LogP contribution in [-0.2, 0) is 9.59 Å². The minimum absolute atomic E-state index is 0. The van der Waals surface area contributed by atoms with E-state index in [-0.39, 0.29) is 60.8 Å². The number of rotatable bonds is 6. The van der Waals surface area contributed by atoms with Crippen molar-refractivity contribution in [1.29, 1.82) is 0 Å². The van der Waals surface area contributed by atoms with Crippen molar-refractivity contribution in [3.63, 3.8) is 0 Å². The molecule has 0 saturated heterocycles. The minimum Gasteiger partial charge on any atom is 0.316 e. The number of hydrogen-bond acceptors (Lipinski definition) is 8. The van der Waals surface area contributed by atoms with Gasteiger partial charge in [-0.25, -0.2) is 9.59 Å². The molecular weight excluding hydrogens is 332 g/mol. The summed E-state index contributed by atoms with van der Waals surface area (Å²) in [6.45, 7) is 0.354. The summed E-state index contributed by atoms with van der Waals surface area (Å²) in [5, 5.41) is 67.6. The van der Waals surface area contributed by atoms with Crippen LogP contribution in [0, 0.1) is 0 Å². The smallest absolute Gasteiger partial charge is 0.316 e. The summed E-state index contributed by atoms with van der Waals surface area (Å²) in [5.74, 6) is -2.91. The molecule has 21 heavy (non-hydrogen) atoms. The van der Waals surface area contributed by atoms with Crippen LogP contribution in [0.4, 0.5) is 0 Å². The van der Waals surface area contributed by atoms with E-state index >= 15 is 0 Å². The molecule has 8 N–H and O–H groups in total. The van der Waals surface area contributed by atoms with Gasteiger partial charge >= 0.3 is 72.7 Å². The average molecular weight is 355 g/mol. The molecule has 0 radical (unpaired) electrons. The van der Waals surface area contributed by atoms with Crippen molar-refractivity contribution in [3.05, 3.63) is 0 Å². The second kappa shape index (κ2) is 15.6. The van der Waals surface area contributed by atoms with Crippen molar-refractivity contribution < 1.29 is 50.4 Å². The molecule has 0 aliphatic rings. The molecule has 5 atom stereocenters. The van der Waals surface area contributed by atoms with E-state index in [1.807, 2.05) is 0 Å².